The summed E-state index contributed by atoms with van der Waals surface area (Å²) in [6.07, 6.45) is 4.42. The minimum atomic E-state index is 0.744. The lowest BCUT2D eigenvalue weighted by Gasteiger charge is -2.15. The third-order valence-electron chi connectivity index (χ3n) is 4.06. The highest BCUT2D eigenvalue weighted by molar-refractivity contribution is 5.95. The molecule has 0 spiro atoms. The molecule has 0 bridgehead atoms. The maximum atomic E-state index is 5.22. The van der Waals surface area contributed by atoms with Crippen LogP contribution in [0.5, 0.6) is 0 Å². The van der Waals surface area contributed by atoms with Crippen LogP contribution in [0.4, 0.5) is 5.69 Å². The van der Waals surface area contributed by atoms with E-state index in [1.807, 2.05) is 0 Å². The Morgan fingerprint density at radius 3 is 3.00 bits per heavy atom. The molecule has 0 fully saturated rings. The lowest BCUT2D eigenvalue weighted by Crippen LogP contribution is -2.05. The van der Waals surface area contributed by atoms with Gasteiger partial charge in [0.05, 0.1) is 12.1 Å². The van der Waals surface area contributed by atoms with E-state index in [-0.39, 0.29) is 0 Å². The normalized spacial score (nSPS) is 13.7. The van der Waals surface area contributed by atoms with Gasteiger partial charge in [0, 0.05) is 30.4 Å². The molecule has 20 heavy (non-hydrogen) atoms. The predicted molar refractivity (Wildman–Crippen MR) is 83.5 cm³/mol. The Morgan fingerprint density at radius 1 is 1.30 bits per heavy atom. The zero-order chi connectivity index (χ0) is 13.9. The number of aromatic nitrogens is 1. The molecule has 0 amide bonds. The number of pyridine rings is 1. The van der Waals surface area contributed by atoms with Crippen molar-refractivity contribution in [2.45, 2.75) is 32.6 Å². The van der Waals surface area contributed by atoms with Crippen LogP contribution >= 0.6 is 0 Å². The molecular formula is C17H22N2O. The molecule has 2 aromatic rings. The molecule has 0 atom stereocenters. The molecule has 1 aromatic carbocycles. The molecule has 1 N–H and O–H groups in total. The number of benzene rings is 1. The molecular weight excluding hydrogens is 248 g/mol. The zero-order valence-corrected chi connectivity index (χ0v) is 12.3. The molecule has 1 aliphatic carbocycles. The molecule has 3 heteroatoms. The summed E-state index contributed by atoms with van der Waals surface area (Å²) in [5.74, 6) is 0. The summed E-state index contributed by atoms with van der Waals surface area (Å²) in [7, 11) is 1.75. The molecule has 0 saturated heterocycles. The molecule has 0 aliphatic heterocycles. The van der Waals surface area contributed by atoms with E-state index < -0.39 is 0 Å². The first-order chi connectivity index (χ1) is 9.85. The maximum absolute atomic E-state index is 5.22. The summed E-state index contributed by atoms with van der Waals surface area (Å²) >= 11 is 0. The summed E-state index contributed by atoms with van der Waals surface area (Å²) in [5.41, 5.74) is 6.48. The summed E-state index contributed by atoms with van der Waals surface area (Å²) in [5, 5.41) is 4.83. The van der Waals surface area contributed by atoms with E-state index in [2.05, 4.69) is 30.4 Å². The lowest BCUT2D eigenvalue weighted by molar-refractivity contribution is 0.202. The van der Waals surface area contributed by atoms with Crippen molar-refractivity contribution >= 4 is 16.6 Å². The van der Waals surface area contributed by atoms with Crippen LogP contribution in [0.15, 0.2) is 18.2 Å². The Balaban J connectivity index is 2.18. The van der Waals surface area contributed by atoms with Gasteiger partial charge in [0.2, 0.25) is 0 Å². The van der Waals surface area contributed by atoms with Gasteiger partial charge in [-0.15, -0.1) is 0 Å². The molecule has 1 heterocycles. The number of nitrogens with one attached hydrogen (secondary N) is 1. The van der Waals surface area contributed by atoms with E-state index in [9.17, 15) is 0 Å². The third kappa shape index (κ3) is 2.27. The van der Waals surface area contributed by atoms with Crippen LogP contribution in [0.2, 0.25) is 0 Å². The Kier molecular flexibility index (Phi) is 3.88. The van der Waals surface area contributed by atoms with Crippen LogP contribution in [0.1, 0.15) is 30.2 Å². The minimum Gasteiger partial charge on any atom is -0.384 e. The summed E-state index contributed by atoms with van der Waals surface area (Å²) in [6, 6.07) is 6.50. The van der Waals surface area contributed by atoms with Crippen molar-refractivity contribution in [1.82, 2.24) is 4.98 Å². The van der Waals surface area contributed by atoms with Crippen molar-refractivity contribution < 1.29 is 4.74 Å². The van der Waals surface area contributed by atoms with Crippen molar-refractivity contribution in [2.24, 2.45) is 0 Å². The third-order valence-corrected chi connectivity index (χ3v) is 4.06. The fourth-order valence-corrected chi connectivity index (χ4v) is 3.14. The second kappa shape index (κ2) is 5.80. The minimum absolute atomic E-state index is 0.744. The van der Waals surface area contributed by atoms with E-state index >= 15 is 0 Å². The van der Waals surface area contributed by atoms with Gasteiger partial charge in [-0.3, -0.25) is 4.98 Å². The highest BCUT2D eigenvalue weighted by Gasteiger charge is 2.20. The van der Waals surface area contributed by atoms with Crippen molar-refractivity contribution in [2.75, 3.05) is 25.6 Å². The van der Waals surface area contributed by atoms with Gasteiger partial charge in [-0.1, -0.05) is 18.2 Å². The van der Waals surface area contributed by atoms with Gasteiger partial charge in [-0.25, -0.2) is 0 Å². The standard InChI is InChI=1S/C17H22N2O/c1-3-18-17-13-7-5-9-15(13)19-16-12(10-11-20-2)6-4-8-14(16)17/h4,6,8H,3,5,7,9-11H2,1-2H3,(H,18,19). The number of anilines is 1. The zero-order valence-electron chi connectivity index (χ0n) is 12.3. The number of aryl methyl sites for hydroxylation is 1. The van der Waals surface area contributed by atoms with Crippen LogP contribution in [0.3, 0.4) is 0 Å². The maximum Gasteiger partial charge on any atom is 0.0759 e. The molecule has 0 unspecified atom stereocenters. The van der Waals surface area contributed by atoms with Gasteiger partial charge < -0.3 is 10.1 Å². The number of hydrogen-bond donors (Lipinski definition) is 1. The summed E-state index contributed by atoms with van der Waals surface area (Å²) < 4.78 is 5.22. The van der Waals surface area contributed by atoms with Gasteiger partial charge in [-0.05, 0) is 43.7 Å². The van der Waals surface area contributed by atoms with Crippen LogP contribution in [-0.2, 0) is 24.0 Å². The van der Waals surface area contributed by atoms with E-state index in [4.69, 9.17) is 9.72 Å². The summed E-state index contributed by atoms with van der Waals surface area (Å²) in [4.78, 5) is 4.96. The Hall–Kier alpha value is -1.61. The van der Waals surface area contributed by atoms with E-state index in [0.29, 0.717) is 0 Å². The average Bonchev–Trinajstić information content (AvgIpc) is 2.93. The highest BCUT2D eigenvalue weighted by Crippen LogP contribution is 2.35. The fourth-order valence-electron chi connectivity index (χ4n) is 3.14. The van der Waals surface area contributed by atoms with Gasteiger partial charge in [0.25, 0.3) is 0 Å². The number of methoxy groups -OCH3 is 1. The molecule has 1 aromatic heterocycles. The van der Waals surface area contributed by atoms with E-state index in [1.165, 1.54) is 34.3 Å². The lowest BCUT2D eigenvalue weighted by atomic mass is 10.0. The first-order valence-corrected chi connectivity index (χ1v) is 7.51. The molecule has 0 radical (unpaired) electrons. The van der Waals surface area contributed by atoms with Crippen LogP contribution in [0.25, 0.3) is 10.9 Å². The van der Waals surface area contributed by atoms with Crippen molar-refractivity contribution in [3.8, 4) is 0 Å². The number of rotatable bonds is 5. The number of fused-ring (bicyclic) bond motifs is 2. The van der Waals surface area contributed by atoms with E-state index in [0.717, 1.165) is 37.9 Å². The molecule has 0 saturated carbocycles. The van der Waals surface area contributed by atoms with Crippen molar-refractivity contribution in [3.05, 3.63) is 35.0 Å². The number of nitrogens with zero attached hydrogens (tertiary/aromatic N) is 1. The SMILES string of the molecule is CCNc1c2c(nc3c(CCOC)cccc13)CCC2. The van der Waals surface area contributed by atoms with Crippen LogP contribution in [-0.4, -0.2) is 25.2 Å². The van der Waals surface area contributed by atoms with Crippen LogP contribution < -0.4 is 5.32 Å². The number of hydrogen-bond acceptors (Lipinski definition) is 3. The smallest absolute Gasteiger partial charge is 0.0759 e. The molecule has 3 rings (SSSR count). The average molecular weight is 270 g/mol. The monoisotopic (exact) mass is 270 g/mol. The van der Waals surface area contributed by atoms with Gasteiger partial charge in [0.15, 0.2) is 0 Å². The Labute approximate surface area is 120 Å². The molecule has 106 valence electrons. The van der Waals surface area contributed by atoms with Gasteiger partial charge in [-0.2, -0.15) is 0 Å². The number of para-hydroxylation sites is 1. The molecule has 3 nitrogen and oxygen atoms in total. The first-order valence-electron chi connectivity index (χ1n) is 7.51. The quantitative estimate of drug-likeness (QED) is 0.904. The predicted octanol–water partition coefficient (Wildman–Crippen LogP) is 3.34. The Morgan fingerprint density at radius 2 is 2.20 bits per heavy atom. The second-order valence-electron chi connectivity index (χ2n) is 5.35. The number of ether oxygens (including phenoxy) is 1. The largest absolute Gasteiger partial charge is 0.384 e. The van der Waals surface area contributed by atoms with Gasteiger partial charge >= 0.3 is 0 Å². The van der Waals surface area contributed by atoms with Crippen LogP contribution in [0, 0.1) is 0 Å². The Bertz CT molecular complexity index is 622. The van der Waals surface area contributed by atoms with Crippen molar-refractivity contribution in [3.63, 3.8) is 0 Å². The topological polar surface area (TPSA) is 34.2 Å². The second-order valence-corrected chi connectivity index (χ2v) is 5.35. The van der Waals surface area contributed by atoms with Crippen molar-refractivity contribution in [1.29, 1.82) is 0 Å². The first kappa shape index (κ1) is 13.4. The summed E-state index contributed by atoms with van der Waals surface area (Å²) in [6.45, 7) is 3.85. The van der Waals surface area contributed by atoms with Gasteiger partial charge in [0.1, 0.15) is 0 Å². The fraction of sp³-hybridized carbons (Fsp3) is 0.471. The molecule has 1 aliphatic rings. The highest BCUT2D eigenvalue weighted by atomic mass is 16.5. The van der Waals surface area contributed by atoms with E-state index in [1.54, 1.807) is 7.11 Å².